The molecule has 1 aliphatic rings. The van der Waals surface area contributed by atoms with Crippen molar-refractivity contribution in [3.8, 4) is 0 Å². The van der Waals surface area contributed by atoms with E-state index in [0.717, 1.165) is 17.0 Å². The van der Waals surface area contributed by atoms with Gasteiger partial charge >= 0.3 is 5.97 Å². The molecule has 1 atom stereocenters. The summed E-state index contributed by atoms with van der Waals surface area (Å²) >= 11 is 0. The number of halogens is 1. The summed E-state index contributed by atoms with van der Waals surface area (Å²) in [6.07, 6.45) is 1.13. The van der Waals surface area contributed by atoms with E-state index < -0.39 is 40.2 Å². The molecule has 33 heavy (non-hydrogen) atoms. The average Bonchev–Trinajstić information content (AvgIpc) is 3.03. The zero-order chi connectivity index (χ0) is 24.1. The van der Waals surface area contributed by atoms with Gasteiger partial charge in [-0.05, 0) is 43.2 Å². The van der Waals surface area contributed by atoms with Crippen molar-refractivity contribution in [2.45, 2.75) is 31.7 Å². The van der Waals surface area contributed by atoms with Gasteiger partial charge in [-0.1, -0.05) is 18.6 Å². The molecule has 0 spiro atoms. The Balaban J connectivity index is 2.06. The molecule has 0 saturated carbocycles. The van der Waals surface area contributed by atoms with Crippen LogP contribution in [-0.4, -0.2) is 44.2 Å². The van der Waals surface area contributed by atoms with Crippen LogP contribution in [0, 0.1) is 15.9 Å². The molecular weight excluding hydrogens is 435 g/mol. The van der Waals surface area contributed by atoms with Crippen molar-refractivity contribution in [3.63, 3.8) is 0 Å². The minimum Gasteiger partial charge on any atom is -0.507 e. The molecule has 0 aliphatic carbocycles. The Bertz CT molecular complexity index is 1130. The zero-order valence-electron chi connectivity index (χ0n) is 17.4. The first-order valence-corrected chi connectivity index (χ1v) is 10.2. The summed E-state index contributed by atoms with van der Waals surface area (Å²) in [6, 6.07) is 9.01. The zero-order valence-corrected chi connectivity index (χ0v) is 17.4. The van der Waals surface area contributed by atoms with Crippen LogP contribution in [0.4, 0.5) is 10.1 Å². The molecule has 0 aromatic heterocycles. The number of likely N-dealkylation sites (tertiary alicyclic amines) is 1. The van der Waals surface area contributed by atoms with Gasteiger partial charge in [-0.15, -0.1) is 0 Å². The summed E-state index contributed by atoms with van der Waals surface area (Å²) < 4.78 is 13.3. The highest BCUT2D eigenvalue weighted by molar-refractivity contribution is 6.46. The fourth-order valence-electron chi connectivity index (χ4n) is 3.82. The third kappa shape index (κ3) is 5.05. The van der Waals surface area contributed by atoms with Crippen molar-refractivity contribution < 1.29 is 33.9 Å². The van der Waals surface area contributed by atoms with E-state index in [1.807, 2.05) is 0 Å². The molecule has 1 heterocycles. The summed E-state index contributed by atoms with van der Waals surface area (Å²) in [4.78, 5) is 48.6. The molecule has 1 aliphatic heterocycles. The monoisotopic (exact) mass is 456 g/mol. The third-order valence-corrected chi connectivity index (χ3v) is 5.38. The Morgan fingerprint density at radius 1 is 1.03 bits per heavy atom. The van der Waals surface area contributed by atoms with E-state index in [2.05, 4.69) is 0 Å². The van der Waals surface area contributed by atoms with Gasteiger partial charge in [0.25, 0.3) is 17.4 Å². The molecule has 9 nitrogen and oxygen atoms in total. The van der Waals surface area contributed by atoms with Crippen LogP contribution in [0.2, 0.25) is 0 Å². The summed E-state index contributed by atoms with van der Waals surface area (Å²) in [5.41, 5.74) is -0.521. The normalized spacial score (nSPS) is 17.4. The van der Waals surface area contributed by atoms with Crippen LogP contribution in [0.1, 0.15) is 42.9 Å². The van der Waals surface area contributed by atoms with Gasteiger partial charge in [0, 0.05) is 24.6 Å². The van der Waals surface area contributed by atoms with Gasteiger partial charge in [-0.25, -0.2) is 4.39 Å². The van der Waals surface area contributed by atoms with Crippen molar-refractivity contribution in [2.75, 3.05) is 6.54 Å². The number of carbonyl (C=O) groups is 3. The lowest BCUT2D eigenvalue weighted by molar-refractivity contribution is -0.385. The Hall–Kier alpha value is -4.08. The van der Waals surface area contributed by atoms with E-state index in [4.69, 9.17) is 5.11 Å². The number of unbranched alkanes of at least 4 members (excludes halogenated alkanes) is 2. The maximum atomic E-state index is 13.3. The highest BCUT2D eigenvalue weighted by Gasteiger charge is 2.47. The molecular formula is C23H21FN2O7. The maximum absolute atomic E-state index is 13.3. The number of aliphatic carboxylic acids is 1. The second-order valence-electron chi connectivity index (χ2n) is 7.52. The quantitative estimate of drug-likeness (QED) is 0.146. The van der Waals surface area contributed by atoms with Crippen molar-refractivity contribution in [3.05, 3.63) is 81.2 Å². The molecule has 1 fully saturated rings. The molecule has 1 saturated heterocycles. The molecule has 3 rings (SSSR count). The van der Waals surface area contributed by atoms with Crippen molar-refractivity contribution in [1.82, 2.24) is 4.90 Å². The van der Waals surface area contributed by atoms with Crippen LogP contribution >= 0.6 is 0 Å². The summed E-state index contributed by atoms with van der Waals surface area (Å²) in [6.45, 7) is 0.0289. The van der Waals surface area contributed by atoms with E-state index in [-0.39, 0.29) is 35.4 Å². The van der Waals surface area contributed by atoms with E-state index in [1.54, 1.807) is 0 Å². The van der Waals surface area contributed by atoms with Gasteiger partial charge in [0.15, 0.2) is 0 Å². The minimum absolute atomic E-state index is 0.0289. The number of carboxylic acid groups (broad SMARTS) is 1. The Morgan fingerprint density at radius 2 is 1.70 bits per heavy atom. The molecule has 10 heteroatoms. The van der Waals surface area contributed by atoms with E-state index in [1.165, 1.54) is 36.4 Å². The topological polar surface area (TPSA) is 138 Å². The molecule has 1 unspecified atom stereocenters. The number of nitrogens with zero attached hydrogens (tertiary/aromatic N) is 2. The minimum atomic E-state index is -1.23. The first-order chi connectivity index (χ1) is 15.7. The largest absolute Gasteiger partial charge is 0.507 e. The first kappa shape index (κ1) is 23.6. The standard InChI is InChI=1S/C23H21FN2O7/c24-15-11-9-14(10-12-15)21(29)19-20(16-6-3-4-7-17(16)26(32)33)25(23(31)22(19)30)13-5-1-2-8-18(27)28/h3-4,6-7,9-12,20,29H,1-2,5,8,13H2,(H,27,28). The second kappa shape index (κ2) is 10.0. The molecule has 172 valence electrons. The van der Waals surface area contributed by atoms with Gasteiger partial charge in [0.1, 0.15) is 11.6 Å². The lowest BCUT2D eigenvalue weighted by Gasteiger charge is -2.25. The van der Waals surface area contributed by atoms with Gasteiger partial charge in [0.05, 0.1) is 22.1 Å². The molecule has 0 radical (unpaired) electrons. The predicted octanol–water partition coefficient (Wildman–Crippen LogP) is 3.80. The van der Waals surface area contributed by atoms with Crippen LogP contribution < -0.4 is 0 Å². The number of ketones is 1. The number of nitro groups is 1. The number of carbonyl (C=O) groups excluding carboxylic acids is 2. The Morgan fingerprint density at radius 3 is 2.33 bits per heavy atom. The summed E-state index contributed by atoms with van der Waals surface area (Å²) in [5.74, 6) is -4.02. The summed E-state index contributed by atoms with van der Waals surface area (Å²) in [7, 11) is 0. The molecule has 0 bridgehead atoms. The van der Waals surface area contributed by atoms with Gasteiger partial charge < -0.3 is 15.1 Å². The fourth-order valence-corrected chi connectivity index (χ4v) is 3.82. The number of aliphatic hydroxyl groups is 1. The lowest BCUT2D eigenvalue weighted by Crippen LogP contribution is -2.31. The number of para-hydroxylation sites is 1. The SMILES string of the molecule is O=C(O)CCCCCN1C(=O)C(=O)C(=C(O)c2ccc(F)cc2)C1c1ccccc1[N+](=O)[O-]. The number of hydrogen-bond acceptors (Lipinski definition) is 6. The number of rotatable bonds is 9. The average molecular weight is 456 g/mol. The van der Waals surface area contributed by atoms with E-state index in [0.29, 0.717) is 19.3 Å². The number of hydrogen-bond donors (Lipinski definition) is 2. The number of carboxylic acids is 1. The number of nitro benzene ring substituents is 1. The maximum Gasteiger partial charge on any atom is 0.303 e. The van der Waals surface area contributed by atoms with Crippen LogP contribution in [-0.2, 0) is 14.4 Å². The predicted molar refractivity (Wildman–Crippen MR) is 115 cm³/mol. The molecule has 1 amide bonds. The number of amides is 1. The van der Waals surface area contributed by atoms with Gasteiger partial charge in [-0.2, -0.15) is 0 Å². The number of aliphatic hydroxyl groups excluding tert-OH is 1. The van der Waals surface area contributed by atoms with Crippen molar-refractivity contribution >= 4 is 29.1 Å². The van der Waals surface area contributed by atoms with Crippen LogP contribution in [0.5, 0.6) is 0 Å². The van der Waals surface area contributed by atoms with Crippen molar-refractivity contribution in [2.24, 2.45) is 0 Å². The number of Topliss-reactive ketones (excluding diaryl/α,β-unsaturated/α-hetero) is 1. The first-order valence-electron chi connectivity index (χ1n) is 10.2. The Kier molecular flexibility index (Phi) is 7.17. The van der Waals surface area contributed by atoms with Gasteiger partial charge in [-0.3, -0.25) is 24.5 Å². The Labute approximate surface area is 187 Å². The molecule has 2 N–H and O–H groups in total. The fraction of sp³-hybridized carbons (Fsp3) is 0.261. The number of benzene rings is 2. The van der Waals surface area contributed by atoms with Gasteiger partial charge in [0.2, 0.25) is 0 Å². The lowest BCUT2D eigenvalue weighted by atomic mass is 9.94. The summed E-state index contributed by atoms with van der Waals surface area (Å²) in [5, 5.41) is 31.3. The van der Waals surface area contributed by atoms with E-state index >= 15 is 0 Å². The second-order valence-corrected chi connectivity index (χ2v) is 7.52. The van der Waals surface area contributed by atoms with Crippen LogP contribution in [0.25, 0.3) is 5.76 Å². The van der Waals surface area contributed by atoms with Crippen LogP contribution in [0.15, 0.2) is 54.1 Å². The highest BCUT2D eigenvalue weighted by atomic mass is 19.1. The third-order valence-electron chi connectivity index (χ3n) is 5.38. The smallest absolute Gasteiger partial charge is 0.303 e. The van der Waals surface area contributed by atoms with Crippen molar-refractivity contribution in [1.29, 1.82) is 0 Å². The molecule has 2 aromatic rings. The highest BCUT2D eigenvalue weighted by Crippen LogP contribution is 2.42. The van der Waals surface area contributed by atoms with E-state index in [9.17, 15) is 34.0 Å². The van der Waals surface area contributed by atoms with Crippen LogP contribution in [0.3, 0.4) is 0 Å². The molecule has 2 aromatic carbocycles.